The van der Waals surface area contributed by atoms with Crippen molar-refractivity contribution in [3.8, 4) is 5.95 Å². The molecule has 2 saturated heterocycles. The Morgan fingerprint density at radius 2 is 2.03 bits per heavy atom. The van der Waals surface area contributed by atoms with Crippen molar-refractivity contribution in [2.24, 2.45) is 5.92 Å². The zero-order chi connectivity index (χ0) is 23.5. The summed E-state index contributed by atoms with van der Waals surface area (Å²) < 4.78 is 8.44. The molecule has 0 aliphatic carbocycles. The van der Waals surface area contributed by atoms with Gasteiger partial charge in [0.1, 0.15) is 11.1 Å². The van der Waals surface area contributed by atoms with E-state index in [1.54, 1.807) is 35.1 Å². The molecule has 11 heteroatoms. The van der Waals surface area contributed by atoms with E-state index in [1.807, 2.05) is 20.8 Å². The summed E-state index contributed by atoms with van der Waals surface area (Å²) in [6.45, 7) is 9.04. The third kappa shape index (κ3) is 3.66. The Labute approximate surface area is 189 Å². The number of nitrogens with zero attached hydrogens (tertiary/aromatic N) is 6. The molecule has 0 saturated carbocycles. The first-order valence-electron chi connectivity index (χ1n) is 11.0. The Morgan fingerprint density at radius 3 is 2.79 bits per heavy atom. The highest BCUT2D eigenvalue weighted by Gasteiger charge is 2.47. The lowest BCUT2D eigenvalue weighted by molar-refractivity contribution is -0.0545. The number of rotatable bonds is 2. The molecule has 2 aliphatic rings. The van der Waals surface area contributed by atoms with Crippen molar-refractivity contribution in [2.75, 3.05) is 19.6 Å². The second-order valence-electron chi connectivity index (χ2n) is 9.67. The fourth-order valence-electron chi connectivity index (χ4n) is 4.54. The van der Waals surface area contributed by atoms with Gasteiger partial charge in [0, 0.05) is 31.7 Å². The molecule has 2 amide bonds. The normalized spacial score (nSPS) is 20.5. The fourth-order valence-corrected chi connectivity index (χ4v) is 4.54. The number of aromatic nitrogens is 5. The van der Waals surface area contributed by atoms with Gasteiger partial charge in [-0.1, -0.05) is 0 Å². The molecule has 2 fully saturated rings. The van der Waals surface area contributed by atoms with Crippen LogP contribution in [-0.2, 0) is 4.74 Å². The number of aromatic amines is 1. The number of ether oxygens (including phenoxy) is 1. The van der Waals surface area contributed by atoms with Crippen molar-refractivity contribution in [3.05, 3.63) is 46.1 Å². The van der Waals surface area contributed by atoms with Crippen molar-refractivity contribution in [3.63, 3.8) is 0 Å². The summed E-state index contributed by atoms with van der Waals surface area (Å²) >= 11 is 0. The maximum atomic E-state index is 13.3. The number of piperidine rings is 1. The van der Waals surface area contributed by atoms with Crippen LogP contribution in [0.3, 0.4) is 0 Å². The molecule has 174 valence electrons. The molecule has 1 N–H and O–H groups in total. The third-order valence-electron chi connectivity index (χ3n) is 6.30. The fraction of sp³-hybridized carbons (Fsp3) is 0.500. The molecule has 11 nitrogen and oxygen atoms in total. The predicted molar refractivity (Wildman–Crippen MR) is 118 cm³/mol. The molecule has 0 unspecified atom stereocenters. The van der Waals surface area contributed by atoms with Crippen LogP contribution in [0.15, 0.2) is 29.3 Å². The van der Waals surface area contributed by atoms with E-state index in [2.05, 4.69) is 15.2 Å². The molecule has 2 atom stereocenters. The van der Waals surface area contributed by atoms with Crippen LogP contribution >= 0.6 is 0 Å². The number of hydrogen-bond donors (Lipinski definition) is 1. The van der Waals surface area contributed by atoms with Gasteiger partial charge in [-0.2, -0.15) is 5.10 Å². The molecule has 0 bridgehead atoms. The Hall–Kier alpha value is -3.63. The Bertz CT molecular complexity index is 1300. The molecule has 33 heavy (non-hydrogen) atoms. The summed E-state index contributed by atoms with van der Waals surface area (Å²) in [5, 5.41) is 8.68. The van der Waals surface area contributed by atoms with Gasteiger partial charge >= 0.3 is 6.09 Å². The van der Waals surface area contributed by atoms with E-state index in [-0.39, 0.29) is 29.5 Å². The summed E-state index contributed by atoms with van der Waals surface area (Å²) in [6.07, 6.45) is 3.67. The maximum Gasteiger partial charge on any atom is 0.410 e. The number of H-pyrrole nitrogens is 1. The van der Waals surface area contributed by atoms with Crippen molar-refractivity contribution in [2.45, 2.75) is 45.8 Å². The van der Waals surface area contributed by atoms with Crippen LogP contribution in [0.1, 0.15) is 43.2 Å². The first kappa shape index (κ1) is 21.2. The molecular weight excluding hydrogens is 426 g/mol. The van der Waals surface area contributed by atoms with Crippen molar-refractivity contribution < 1.29 is 14.3 Å². The second-order valence-corrected chi connectivity index (χ2v) is 9.67. The van der Waals surface area contributed by atoms with Crippen LogP contribution in [0.2, 0.25) is 0 Å². The van der Waals surface area contributed by atoms with E-state index in [0.29, 0.717) is 42.3 Å². The van der Waals surface area contributed by atoms with Crippen LogP contribution in [0.4, 0.5) is 4.79 Å². The number of carbonyl (C=O) groups excluding carboxylic acids is 2. The maximum absolute atomic E-state index is 13.3. The Kier molecular flexibility index (Phi) is 4.80. The lowest BCUT2D eigenvalue weighted by atomic mass is 9.82. The van der Waals surface area contributed by atoms with E-state index in [4.69, 9.17) is 4.74 Å². The summed E-state index contributed by atoms with van der Waals surface area (Å²) in [7, 11) is 0. The standard InChI is InChI=1S/C22H27N7O4/c1-13-15(10-23-29(13)20-24-18(30)16-6-5-8-28(16)25-20)19(31)26-9-7-14-11-27(17(14)12-26)21(32)33-22(2,3)4/h5-6,8,10,14,17H,7,9,11-12H2,1-4H3,(H,24,25,30)/t14-,17-/m1/s1. The average molecular weight is 454 g/mol. The molecule has 0 radical (unpaired) electrons. The number of amides is 2. The van der Waals surface area contributed by atoms with Crippen LogP contribution in [0.5, 0.6) is 0 Å². The monoisotopic (exact) mass is 453 g/mol. The van der Waals surface area contributed by atoms with Gasteiger partial charge in [0.2, 0.25) is 5.95 Å². The highest BCUT2D eigenvalue weighted by molar-refractivity contribution is 5.95. The smallest absolute Gasteiger partial charge is 0.410 e. The van der Waals surface area contributed by atoms with Gasteiger partial charge in [0.25, 0.3) is 11.5 Å². The summed E-state index contributed by atoms with van der Waals surface area (Å²) in [4.78, 5) is 44.3. The first-order valence-corrected chi connectivity index (χ1v) is 11.0. The van der Waals surface area contributed by atoms with Crippen molar-refractivity contribution in [1.82, 2.24) is 34.2 Å². The summed E-state index contributed by atoms with van der Waals surface area (Å²) in [5.74, 6) is 0.458. The summed E-state index contributed by atoms with van der Waals surface area (Å²) in [5.41, 5.74) is 0.595. The number of carbonyl (C=O) groups is 2. The Balaban J connectivity index is 1.34. The predicted octanol–water partition coefficient (Wildman–Crippen LogP) is 1.60. The number of nitrogens with one attached hydrogen (secondary N) is 1. The number of likely N-dealkylation sites (tertiary alicyclic amines) is 2. The van der Waals surface area contributed by atoms with Crippen LogP contribution in [0.25, 0.3) is 11.5 Å². The minimum Gasteiger partial charge on any atom is -0.444 e. The molecule has 0 spiro atoms. The average Bonchev–Trinajstić information content (AvgIpc) is 3.33. The summed E-state index contributed by atoms with van der Waals surface area (Å²) in [6, 6.07) is 3.37. The van der Waals surface area contributed by atoms with Gasteiger partial charge in [0.05, 0.1) is 23.5 Å². The molecule has 0 aromatic carbocycles. The van der Waals surface area contributed by atoms with E-state index in [0.717, 1.165) is 6.42 Å². The van der Waals surface area contributed by atoms with E-state index in [1.165, 1.54) is 15.4 Å². The highest BCUT2D eigenvalue weighted by Crippen LogP contribution is 2.34. The quantitative estimate of drug-likeness (QED) is 0.630. The number of hydrogen-bond acceptors (Lipinski definition) is 6. The second kappa shape index (κ2) is 7.46. The van der Waals surface area contributed by atoms with Gasteiger partial charge < -0.3 is 14.5 Å². The lowest BCUT2D eigenvalue weighted by Gasteiger charge is -2.52. The lowest BCUT2D eigenvalue weighted by Crippen LogP contribution is -2.66. The van der Waals surface area contributed by atoms with E-state index < -0.39 is 5.60 Å². The zero-order valence-corrected chi connectivity index (χ0v) is 19.1. The zero-order valence-electron chi connectivity index (χ0n) is 19.1. The first-order chi connectivity index (χ1) is 15.6. The van der Waals surface area contributed by atoms with Crippen molar-refractivity contribution >= 4 is 17.5 Å². The molecule has 3 aromatic heterocycles. The highest BCUT2D eigenvalue weighted by atomic mass is 16.6. The molecule has 5 rings (SSSR count). The molecule has 3 aromatic rings. The molecule has 5 heterocycles. The van der Waals surface area contributed by atoms with Gasteiger partial charge in [-0.3, -0.25) is 14.6 Å². The van der Waals surface area contributed by atoms with Gasteiger partial charge in [-0.25, -0.2) is 14.0 Å². The van der Waals surface area contributed by atoms with Gasteiger partial charge in [-0.15, -0.1) is 5.10 Å². The van der Waals surface area contributed by atoms with Gasteiger partial charge in [0.15, 0.2) is 0 Å². The van der Waals surface area contributed by atoms with E-state index in [9.17, 15) is 14.4 Å². The largest absolute Gasteiger partial charge is 0.444 e. The van der Waals surface area contributed by atoms with Crippen LogP contribution in [0, 0.1) is 12.8 Å². The molecular formula is C22H27N7O4. The third-order valence-corrected chi connectivity index (χ3v) is 6.30. The minimum absolute atomic E-state index is 0.0397. The SMILES string of the molecule is Cc1c(C(=O)N2CC[C@@H]3CN(C(=O)OC(C)(C)C)[C@@H]3C2)cnn1-c1nn2cccc2c(=O)[nH]1. The van der Waals surface area contributed by atoms with Crippen LogP contribution < -0.4 is 5.56 Å². The van der Waals surface area contributed by atoms with Crippen molar-refractivity contribution in [1.29, 1.82) is 0 Å². The van der Waals surface area contributed by atoms with Crippen LogP contribution in [-0.4, -0.2) is 77.5 Å². The minimum atomic E-state index is -0.559. The Morgan fingerprint density at radius 1 is 1.24 bits per heavy atom. The molecule has 2 aliphatic heterocycles. The topological polar surface area (TPSA) is 118 Å². The van der Waals surface area contributed by atoms with E-state index >= 15 is 0 Å². The van der Waals surface area contributed by atoms with Gasteiger partial charge in [-0.05, 0) is 46.2 Å². The number of fused-ring (bicyclic) bond motifs is 2.